The lowest BCUT2D eigenvalue weighted by Crippen LogP contribution is -2.52. The molecule has 1 aromatic rings. The Hall–Kier alpha value is -1.51. The van der Waals surface area contributed by atoms with Gasteiger partial charge < -0.3 is 18.6 Å². The minimum atomic E-state index is -2.02. The van der Waals surface area contributed by atoms with Crippen LogP contribution in [0.1, 0.15) is 40.0 Å². The van der Waals surface area contributed by atoms with E-state index < -0.39 is 8.32 Å². The van der Waals surface area contributed by atoms with Crippen molar-refractivity contribution in [2.24, 2.45) is 0 Å². The van der Waals surface area contributed by atoms with Crippen molar-refractivity contribution in [2.75, 3.05) is 20.3 Å². The van der Waals surface area contributed by atoms with Crippen LogP contribution in [0.25, 0.3) is 0 Å². The molecular weight excluding hydrogens is 490 g/mol. The molecule has 1 fully saturated rings. The van der Waals surface area contributed by atoms with E-state index >= 15 is 0 Å². The molecule has 0 saturated carbocycles. The molecule has 1 amide bonds. The van der Waals surface area contributed by atoms with E-state index in [1.807, 2.05) is 23.1 Å². The lowest BCUT2D eigenvalue weighted by Gasteiger charge is -2.46. The number of halogens is 1. The highest BCUT2D eigenvalue weighted by molar-refractivity contribution is 9.10. The average Bonchev–Trinajstić information content (AvgIpc) is 3.10. The lowest BCUT2D eigenvalue weighted by molar-refractivity contribution is 0.0427. The molecule has 1 aliphatic carbocycles. The zero-order valence-electron chi connectivity index (χ0n) is 19.9. The summed E-state index contributed by atoms with van der Waals surface area (Å²) in [5.41, 5.74) is 2.55. The maximum Gasteiger partial charge on any atom is 0.410 e. The van der Waals surface area contributed by atoms with Gasteiger partial charge in [-0.05, 0) is 76.6 Å². The van der Waals surface area contributed by atoms with Crippen LogP contribution in [-0.2, 0) is 9.16 Å². The summed E-state index contributed by atoms with van der Waals surface area (Å²) in [6, 6.07) is 5.83. The number of rotatable bonds is 5. The highest BCUT2D eigenvalue weighted by Gasteiger charge is 2.48. The molecule has 2 aliphatic heterocycles. The molecule has 3 aliphatic rings. The minimum absolute atomic E-state index is 0.0206. The van der Waals surface area contributed by atoms with E-state index in [2.05, 4.69) is 49.8 Å². The monoisotopic (exact) mass is 523 g/mol. The molecule has 176 valence electrons. The molecule has 1 saturated heterocycles. The van der Waals surface area contributed by atoms with Crippen molar-refractivity contribution in [3.05, 3.63) is 33.8 Å². The van der Waals surface area contributed by atoms with Gasteiger partial charge in [-0.25, -0.2) is 4.79 Å². The summed E-state index contributed by atoms with van der Waals surface area (Å²) in [7, 11) is -0.359. The molecule has 0 aromatic heterocycles. The summed E-state index contributed by atoms with van der Waals surface area (Å²) in [5.74, 6) is 1.38. The molecule has 6 nitrogen and oxygen atoms in total. The van der Waals surface area contributed by atoms with E-state index in [-0.39, 0.29) is 29.4 Å². The van der Waals surface area contributed by atoms with Gasteiger partial charge in [0.05, 0.1) is 23.7 Å². The highest BCUT2D eigenvalue weighted by Crippen LogP contribution is 2.45. The molecule has 2 heterocycles. The molecular formula is C24H34BrNO5Si. The third-order valence-electron chi connectivity index (χ3n) is 7.44. The fourth-order valence-corrected chi connectivity index (χ4v) is 6.43. The van der Waals surface area contributed by atoms with Crippen molar-refractivity contribution in [2.45, 2.75) is 76.4 Å². The first-order valence-electron chi connectivity index (χ1n) is 11.4. The van der Waals surface area contributed by atoms with Crippen molar-refractivity contribution in [1.82, 2.24) is 4.90 Å². The van der Waals surface area contributed by atoms with Crippen LogP contribution in [0.4, 0.5) is 4.79 Å². The van der Waals surface area contributed by atoms with Gasteiger partial charge in [0, 0.05) is 6.54 Å². The Kier molecular flexibility index (Phi) is 6.42. The number of para-hydroxylation sites is 1. The lowest BCUT2D eigenvalue weighted by atomic mass is 9.80. The molecule has 8 heteroatoms. The zero-order valence-corrected chi connectivity index (χ0v) is 22.5. The largest absolute Gasteiger partial charge is 0.493 e. The first-order valence-corrected chi connectivity index (χ1v) is 15.1. The standard InChI is InChI=1S/C24H34BrNO5Si/c1-24(2,3)32(5,6)31-20-11-10-15-16(12-13-26-18(15)14-29-23(26)27)21(20)30-22-17(25)8-7-9-19(22)28-4/h7-9,18,20-21H,10-14H2,1-6H3/t18-,20+,21+/m1/s1. The van der Waals surface area contributed by atoms with E-state index in [9.17, 15) is 4.79 Å². The maximum atomic E-state index is 12.2. The van der Waals surface area contributed by atoms with Gasteiger partial charge in [-0.1, -0.05) is 26.8 Å². The third-order valence-corrected chi connectivity index (χ3v) is 12.6. The van der Waals surface area contributed by atoms with Crippen LogP contribution in [0.5, 0.6) is 11.5 Å². The van der Waals surface area contributed by atoms with Crippen molar-refractivity contribution < 1.29 is 23.4 Å². The number of hydrogen-bond acceptors (Lipinski definition) is 5. The first kappa shape index (κ1) is 23.6. The summed E-state index contributed by atoms with van der Waals surface area (Å²) in [5, 5.41) is 0.103. The SMILES string of the molecule is COc1cccc(Br)c1O[C@H]1C2=C(CC[C@@H]1O[Si](C)(C)C(C)(C)C)[C@H]1COC(=O)N1CC2. The van der Waals surface area contributed by atoms with Gasteiger partial charge in [0.2, 0.25) is 0 Å². The predicted octanol–water partition coefficient (Wildman–Crippen LogP) is 5.91. The average molecular weight is 525 g/mol. The summed E-state index contributed by atoms with van der Waals surface area (Å²) < 4.78 is 25.5. The van der Waals surface area contributed by atoms with Gasteiger partial charge in [-0.3, -0.25) is 4.90 Å². The van der Waals surface area contributed by atoms with Crippen molar-refractivity contribution in [3.63, 3.8) is 0 Å². The summed E-state index contributed by atoms with van der Waals surface area (Å²) in [6.07, 6.45) is 2.07. The maximum absolute atomic E-state index is 12.2. The number of carbonyl (C=O) groups excluding carboxylic acids is 1. The molecule has 0 bridgehead atoms. The topological polar surface area (TPSA) is 57.2 Å². The van der Waals surface area contributed by atoms with Crippen LogP contribution in [0.3, 0.4) is 0 Å². The van der Waals surface area contributed by atoms with E-state index in [0.29, 0.717) is 24.7 Å². The Morgan fingerprint density at radius 3 is 2.62 bits per heavy atom. The Morgan fingerprint density at radius 2 is 1.94 bits per heavy atom. The molecule has 0 radical (unpaired) electrons. The Morgan fingerprint density at radius 1 is 1.19 bits per heavy atom. The fourth-order valence-electron chi connectivity index (χ4n) is 4.64. The zero-order chi connectivity index (χ0) is 23.3. The number of ether oxygens (including phenoxy) is 3. The second-order valence-corrected chi connectivity index (χ2v) is 16.0. The first-order chi connectivity index (χ1) is 15.0. The molecule has 32 heavy (non-hydrogen) atoms. The number of methoxy groups -OCH3 is 1. The van der Waals surface area contributed by atoms with Crippen LogP contribution < -0.4 is 9.47 Å². The normalized spacial score (nSPS) is 25.9. The van der Waals surface area contributed by atoms with Crippen LogP contribution in [0, 0.1) is 0 Å². The molecule has 1 aromatic carbocycles. The third kappa shape index (κ3) is 4.21. The second kappa shape index (κ2) is 8.69. The number of hydrogen-bond donors (Lipinski definition) is 0. The van der Waals surface area contributed by atoms with Crippen LogP contribution >= 0.6 is 15.9 Å². The number of amides is 1. The Balaban J connectivity index is 1.73. The molecule has 3 atom stereocenters. The second-order valence-electron chi connectivity index (χ2n) is 10.4. The molecule has 0 unspecified atom stereocenters. The number of benzene rings is 1. The van der Waals surface area contributed by atoms with Crippen LogP contribution in [0.15, 0.2) is 33.8 Å². The number of cyclic esters (lactones) is 1. The van der Waals surface area contributed by atoms with Gasteiger partial charge >= 0.3 is 6.09 Å². The van der Waals surface area contributed by atoms with Crippen molar-refractivity contribution in [3.8, 4) is 11.5 Å². The smallest absolute Gasteiger partial charge is 0.410 e. The quantitative estimate of drug-likeness (QED) is 0.354. The van der Waals surface area contributed by atoms with Gasteiger partial charge in [-0.2, -0.15) is 0 Å². The Bertz CT molecular complexity index is 925. The highest BCUT2D eigenvalue weighted by atomic mass is 79.9. The van der Waals surface area contributed by atoms with Crippen molar-refractivity contribution in [1.29, 1.82) is 0 Å². The molecule has 0 N–H and O–H groups in total. The summed E-state index contributed by atoms with van der Waals surface area (Å²) in [6.45, 7) is 12.5. The van der Waals surface area contributed by atoms with Gasteiger partial charge in [0.15, 0.2) is 19.8 Å². The van der Waals surface area contributed by atoms with E-state index in [0.717, 1.165) is 23.7 Å². The van der Waals surface area contributed by atoms with Crippen LogP contribution in [-0.4, -0.2) is 57.8 Å². The van der Waals surface area contributed by atoms with Gasteiger partial charge in [0.1, 0.15) is 12.7 Å². The predicted molar refractivity (Wildman–Crippen MR) is 130 cm³/mol. The molecule has 0 spiro atoms. The van der Waals surface area contributed by atoms with E-state index in [1.54, 1.807) is 7.11 Å². The van der Waals surface area contributed by atoms with E-state index in [1.165, 1.54) is 11.1 Å². The summed E-state index contributed by atoms with van der Waals surface area (Å²) >= 11 is 3.64. The molecule has 4 rings (SSSR count). The van der Waals surface area contributed by atoms with Gasteiger partial charge in [-0.15, -0.1) is 0 Å². The summed E-state index contributed by atoms with van der Waals surface area (Å²) in [4.78, 5) is 14.0. The fraction of sp³-hybridized carbons (Fsp3) is 0.625. The van der Waals surface area contributed by atoms with Gasteiger partial charge in [0.25, 0.3) is 0 Å². The Labute approximate surface area is 200 Å². The van der Waals surface area contributed by atoms with Crippen molar-refractivity contribution >= 4 is 30.3 Å². The number of fused-ring (bicyclic) bond motifs is 2. The number of carbonyl (C=O) groups is 1. The van der Waals surface area contributed by atoms with Crippen LogP contribution in [0.2, 0.25) is 18.1 Å². The van der Waals surface area contributed by atoms with E-state index in [4.69, 9.17) is 18.6 Å². The minimum Gasteiger partial charge on any atom is -0.493 e. The number of nitrogens with zero attached hydrogens (tertiary/aromatic N) is 1.